The molecule has 2 nitrogen and oxygen atoms in total. The first-order chi connectivity index (χ1) is 6.33. The Balaban J connectivity index is 2.48. The van der Waals surface area contributed by atoms with Crippen LogP contribution in [-0.2, 0) is 6.54 Å². The Morgan fingerprint density at radius 3 is 2.69 bits per heavy atom. The van der Waals surface area contributed by atoms with Crippen LogP contribution in [0.1, 0.15) is 5.56 Å². The molecule has 0 fully saturated rings. The van der Waals surface area contributed by atoms with E-state index >= 15 is 0 Å². The predicted octanol–water partition coefficient (Wildman–Crippen LogP) is 1.23. The largest absolute Gasteiger partial charge is 0.405 e. The van der Waals surface area contributed by atoms with Gasteiger partial charge < -0.3 is 5.73 Å². The number of rotatable bonds is 3. The molecule has 3 heteroatoms. The van der Waals surface area contributed by atoms with E-state index in [0.717, 1.165) is 5.56 Å². The van der Waals surface area contributed by atoms with Crippen LogP contribution in [0.4, 0.5) is 0 Å². The van der Waals surface area contributed by atoms with E-state index in [1.54, 1.807) is 6.21 Å². The fourth-order valence-electron chi connectivity index (χ4n) is 0.883. The maximum absolute atomic E-state index is 5.42. The summed E-state index contributed by atoms with van der Waals surface area (Å²) >= 11 is 0. The Labute approximate surface area is 79.6 Å². The first-order valence-electron chi connectivity index (χ1n) is 4.04. The van der Waals surface area contributed by atoms with Gasteiger partial charge in [0.15, 0.2) is 0 Å². The number of nitrogens with zero attached hydrogens (tertiary/aromatic N) is 1. The Bertz CT molecular complexity index is 304. The molecule has 0 aliphatic rings. The van der Waals surface area contributed by atoms with Crippen LogP contribution in [0, 0.1) is 0 Å². The predicted molar refractivity (Wildman–Crippen MR) is 56.7 cm³/mol. The first-order valence-corrected chi connectivity index (χ1v) is 4.04. The number of allylic oxidation sites excluding steroid dienone is 1. The molecule has 0 atom stereocenters. The van der Waals surface area contributed by atoms with Crippen molar-refractivity contribution in [2.45, 2.75) is 6.54 Å². The monoisotopic (exact) mass is 170 g/mol. The van der Waals surface area contributed by atoms with E-state index in [0.29, 0.717) is 12.0 Å². The van der Waals surface area contributed by atoms with E-state index in [2.05, 4.69) is 4.99 Å². The van der Waals surface area contributed by atoms with Gasteiger partial charge in [-0.05, 0) is 11.8 Å². The summed E-state index contributed by atoms with van der Waals surface area (Å²) in [5.41, 5.74) is 6.81. The minimum atomic E-state index is 0.482. The van der Waals surface area contributed by atoms with Gasteiger partial charge in [-0.3, -0.25) is 4.99 Å². The summed E-state index contributed by atoms with van der Waals surface area (Å²) in [7, 11) is 5.42. The molecule has 0 spiro atoms. The first kappa shape index (κ1) is 9.58. The molecule has 2 radical (unpaired) electrons. The van der Waals surface area contributed by atoms with Crippen LogP contribution in [0.5, 0.6) is 0 Å². The average molecular weight is 170 g/mol. The number of hydrogen-bond donors (Lipinski definition) is 1. The normalized spacial score (nSPS) is 12.2. The van der Waals surface area contributed by atoms with Crippen LogP contribution in [0.3, 0.4) is 0 Å². The molecule has 1 aromatic carbocycles. The molecule has 0 bridgehead atoms. The molecule has 0 aromatic heterocycles. The van der Waals surface area contributed by atoms with Crippen molar-refractivity contribution >= 4 is 14.1 Å². The minimum absolute atomic E-state index is 0.482. The molecule has 0 aliphatic heterocycles. The van der Waals surface area contributed by atoms with Crippen LogP contribution >= 0.6 is 0 Å². The summed E-state index contributed by atoms with van der Waals surface area (Å²) in [4.78, 5) is 4.11. The number of aliphatic imine (C=N–C) groups is 1. The van der Waals surface area contributed by atoms with Crippen LogP contribution in [0.2, 0.25) is 0 Å². The van der Waals surface area contributed by atoms with E-state index in [4.69, 9.17) is 13.6 Å². The third-order valence-electron chi connectivity index (χ3n) is 1.55. The highest BCUT2D eigenvalue weighted by atomic mass is 14.7. The second kappa shape index (κ2) is 5.20. The Morgan fingerprint density at radius 1 is 1.38 bits per heavy atom. The van der Waals surface area contributed by atoms with Crippen molar-refractivity contribution in [1.29, 1.82) is 0 Å². The highest BCUT2D eigenvalue weighted by Crippen LogP contribution is 1.99. The van der Waals surface area contributed by atoms with Crippen LogP contribution in [-0.4, -0.2) is 14.1 Å². The van der Waals surface area contributed by atoms with Gasteiger partial charge in [0.25, 0.3) is 0 Å². The van der Waals surface area contributed by atoms with E-state index in [1.165, 1.54) is 6.20 Å². The van der Waals surface area contributed by atoms with Gasteiger partial charge in [-0.15, -0.1) is 0 Å². The summed E-state index contributed by atoms with van der Waals surface area (Å²) in [5.74, 6) is 0. The van der Waals surface area contributed by atoms with Gasteiger partial charge in [-0.2, -0.15) is 0 Å². The standard InChI is InChI=1S/C10H11BN2/c11-10(6-12)8-13-7-9-4-2-1-3-5-9/h1-6,8H,7,12H2. The second-order valence-electron chi connectivity index (χ2n) is 2.62. The lowest BCUT2D eigenvalue weighted by Crippen LogP contribution is -1.90. The highest BCUT2D eigenvalue weighted by molar-refractivity contribution is 6.32. The molecule has 64 valence electrons. The third-order valence-corrected chi connectivity index (χ3v) is 1.55. The number of hydrogen-bond acceptors (Lipinski definition) is 2. The van der Waals surface area contributed by atoms with Gasteiger partial charge in [0, 0.05) is 6.21 Å². The second-order valence-corrected chi connectivity index (χ2v) is 2.62. The van der Waals surface area contributed by atoms with Crippen LogP contribution in [0.25, 0.3) is 0 Å². The Morgan fingerprint density at radius 2 is 2.08 bits per heavy atom. The molecule has 0 unspecified atom stereocenters. The van der Waals surface area contributed by atoms with Crippen molar-refractivity contribution < 1.29 is 0 Å². The van der Waals surface area contributed by atoms with Crippen LogP contribution < -0.4 is 5.73 Å². The van der Waals surface area contributed by atoms with Gasteiger partial charge in [-0.1, -0.05) is 35.8 Å². The molecule has 1 rings (SSSR count). The van der Waals surface area contributed by atoms with Gasteiger partial charge in [0.05, 0.1) is 6.54 Å². The topological polar surface area (TPSA) is 38.4 Å². The molecule has 2 N–H and O–H groups in total. The maximum atomic E-state index is 5.42. The van der Waals surface area contributed by atoms with Crippen molar-refractivity contribution in [2.75, 3.05) is 0 Å². The van der Waals surface area contributed by atoms with Crippen molar-refractivity contribution in [3.05, 3.63) is 47.6 Å². The lowest BCUT2D eigenvalue weighted by Gasteiger charge is -1.94. The molecule has 1 aromatic rings. The Kier molecular flexibility index (Phi) is 3.83. The zero-order valence-corrected chi connectivity index (χ0v) is 7.35. The lowest BCUT2D eigenvalue weighted by atomic mass is 9.99. The third kappa shape index (κ3) is 3.60. The van der Waals surface area contributed by atoms with E-state index < -0.39 is 0 Å². The zero-order chi connectivity index (χ0) is 9.52. The summed E-state index contributed by atoms with van der Waals surface area (Å²) < 4.78 is 0. The van der Waals surface area contributed by atoms with Gasteiger partial charge in [0.1, 0.15) is 7.85 Å². The average Bonchev–Trinajstić information content (AvgIpc) is 2.19. The van der Waals surface area contributed by atoms with Crippen molar-refractivity contribution in [3.63, 3.8) is 0 Å². The molecule has 13 heavy (non-hydrogen) atoms. The van der Waals surface area contributed by atoms with Crippen molar-refractivity contribution in [3.8, 4) is 0 Å². The molecule has 0 saturated carbocycles. The van der Waals surface area contributed by atoms with Crippen molar-refractivity contribution in [1.82, 2.24) is 0 Å². The fraction of sp³-hybridized carbons (Fsp3) is 0.100. The molecule has 0 amide bonds. The van der Waals surface area contributed by atoms with Gasteiger partial charge in [-0.25, -0.2) is 0 Å². The van der Waals surface area contributed by atoms with Gasteiger partial charge in [0.2, 0.25) is 0 Å². The van der Waals surface area contributed by atoms with Gasteiger partial charge >= 0.3 is 0 Å². The summed E-state index contributed by atoms with van der Waals surface area (Å²) in [6.45, 7) is 0.634. The molecule has 0 aliphatic carbocycles. The smallest absolute Gasteiger partial charge is 0.117 e. The summed E-state index contributed by atoms with van der Waals surface area (Å²) in [5, 5.41) is 0. The SMILES string of the molecule is [B]C(C=NCc1ccccc1)=CN. The number of nitrogens with two attached hydrogens (primary N) is 1. The highest BCUT2D eigenvalue weighted by Gasteiger charge is 1.85. The zero-order valence-electron chi connectivity index (χ0n) is 7.35. The van der Waals surface area contributed by atoms with E-state index in [-0.39, 0.29) is 0 Å². The molecule has 0 heterocycles. The summed E-state index contributed by atoms with van der Waals surface area (Å²) in [6, 6.07) is 9.96. The quantitative estimate of drug-likeness (QED) is 0.537. The Hall–Kier alpha value is -1.51. The van der Waals surface area contributed by atoms with E-state index in [1.807, 2.05) is 30.3 Å². The molecule has 0 saturated heterocycles. The maximum Gasteiger partial charge on any atom is 0.117 e. The fourth-order valence-corrected chi connectivity index (χ4v) is 0.883. The lowest BCUT2D eigenvalue weighted by molar-refractivity contribution is 1.08. The summed E-state index contributed by atoms with van der Waals surface area (Å²) in [6.07, 6.45) is 2.89. The van der Waals surface area contributed by atoms with Crippen molar-refractivity contribution in [2.24, 2.45) is 10.7 Å². The molecular weight excluding hydrogens is 159 g/mol. The number of benzene rings is 1. The minimum Gasteiger partial charge on any atom is -0.405 e. The van der Waals surface area contributed by atoms with E-state index in [9.17, 15) is 0 Å². The molecular formula is C10H11BN2. The van der Waals surface area contributed by atoms with Crippen LogP contribution in [0.15, 0.2) is 47.0 Å².